The SMILES string of the molecule is CNC(=S)NC(=O)CC(Cc1ccc(OC)cc1)NS(=O)(=O)O. The Balaban J connectivity index is 2.78. The number of carbonyl (C=O) groups is 1. The first kappa shape index (κ1) is 19.3. The number of hydrogen-bond donors (Lipinski definition) is 4. The van der Waals surface area contributed by atoms with Crippen molar-refractivity contribution in [2.75, 3.05) is 14.2 Å². The number of hydrogen-bond acceptors (Lipinski definition) is 5. The number of methoxy groups -OCH3 is 1. The number of thiocarbonyl (C=S) groups is 1. The van der Waals surface area contributed by atoms with Crippen molar-refractivity contribution in [1.29, 1.82) is 0 Å². The topological polar surface area (TPSA) is 117 Å². The van der Waals surface area contributed by atoms with E-state index in [1.165, 1.54) is 7.11 Å². The summed E-state index contributed by atoms with van der Waals surface area (Å²) in [5, 5.41) is 5.10. The Kier molecular flexibility index (Phi) is 7.36. The molecule has 128 valence electrons. The first-order chi connectivity index (χ1) is 10.7. The van der Waals surface area contributed by atoms with Gasteiger partial charge in [0.25, 0.3) is 0 Å². The van der Waals surface area contributed by atoms with Crippen LogP contribution in [0.1, 0.15) is 12.0 Å². The van der Waals surface area contributed by atoms with Crippen LogP contribution in [0.25, 0.3) is 0 Å². The third-order valence-electron chi connectivity index (χ3n) is 2.87. The van der Waals surface area contributed by atoms with Gasteiger partial charge in [-0.15, -0.1) is 0 Å². The third kappa shape index (κ3) is 7.88. The summed E-state index contributed by atoms with van der Waals surface area (Å²) < 4.78 is 38.1. The van der Waals surface area contributed by atoms with Gasteiger partial charge in [-0.05, 0) is 36.3 Å². The van der Waals surface area contributed by atoms with Gasteiger partial charge in [0.05, 0.1) is 7.11 Å². The molecule has 1 rings (SSSR count). The molecule has 1 unspecified atom stereocenters. The molecule has 0 fully saturated rings. The molecule has 0 aromatic heterocycles. The van der Waals surface area contributed by atoms with Crippen LogP contribution >= 0.6 is 12.2 Å². The first-order valence-electron chi connectivity index (χ1n) is 6.62. The van der Waals surface area contributed by atoms with Crippen LogP contribution in [0.15, 0.2) is 24.3 Å². The maximum Gasteiger partial charge on any atom is 0.333 e. The molecule has 0 bridgehead atoms. The van der Waals surface area contributed by atoms with Crippen molar-refractivity contribution in [2.45, 2.75) is 18.9 Å². The Morgan fingerprint density at radius 2 is 1.96 bits per heavy atom. The van der Waals surface area contributed by atoms with Crippen LogP contribution < -0.4 is 20.1 Å². The van der Waals surface area contributed by atoms with Gasteiger partial charge >= 0.3 is 10.3 Å². The molecule has 0 radical (unpaired) electrons. The van der Waals surface area contributed by atoms with Crippen LogP contribution in [0.4, 0.5) is 0 Å². The van der Waals surface area contributed by atoms with Crippen LogP contribution in [0.5, 0.6) is 5.75 Å². The molecule has 8 nitrogen and oxygen atoms in total. The van der Waals surface area contributed by atoms with E-state index in [0.29, 0.717) is 5.75 Å². The summed E-state index contributed by atoms with van der Waals surface area (Å²) in [5.41, 5.74) is 0.774. The van der Waals surface area contributed by atoms with E-state index in [1.807, 2.05) is 4.72 Å². The lowest BCUT2D eigenvalue weighted by molar-refractivity contribution is -0.120. The molecule has 1 aromatic carbocycles. The number of carbonyl (C=O) groups excluding carboxylic acids is 1. The largest absolute Gasteiger partial charge is 0.497 e. The molecule has 1 amide bonds. The second-order valence-corrected chi connectivity index (χ2v) is 6.27. The molecule has 1 aromatic rings. The fourth-order valence-electron chi connectivity index (χ4n) is 1.88. The van der Waals surface area contributed by atoms with Crippen LogP contribution in [0, 0.1) is 0 Å². The minimum Gasteiger partial charge on any atom is -0.497 e. The van der Waals surface area contributed by atoms with Crippen molar-refractivity contribution < 1.29 is 22.5 Å². The van der Waals surface area contributed by atoms with Gasteiger partial charge < -0.3 is 15.4 Å². The predicted octanol–water partition coefficient (Wildman–Crippen LogP) is 0.00930. The molecule has 0 aliphatic heterocycles. The highest BCUT2D eigenvalue weighted by atomic mass is 32.2. The Morgan fingerprint density at radius 3 is 2.43 bits per heavy atom. The second kappa shape index (κ2) is 8.77. The summed E-state index contributed by atoms with van der Waals surface area (Å²) >= 11 is 4.81. The second-order valence-electron chi connectivity index (χ2n) is 4.67. The van der Waals surface area contributed by atoms with E-state index in [4.69, 9.17) is 21.5 Å². The average Bonchev–Trinajstić information content (AvgIpc) is 2.45. The Labute approximate surface area is 140 Å². The summed E-state index contributed by atoms with van der Waals surface area (Å²) in [6.45, 7) is 0. The van der Waals surface area contributed by atoms with E-state index < -0.39 is 22.3 Å². The van der Waals surface area contributed by atoms with Crippen molar-refractivity contribution in [3.05, 3.63) is 29.8 Å². The van der Waals surface area contributed by atoms with Crippen molar-refractivity contribution in [3.8, 4) is 5.75 Å². The normalized spacial score (nSPS) is 12.3. The fraction of sp³-hybridized carbons (Fsp3) is 0.385. The first-order valence-corrected chi connectivity index (χ1v) is 8.47. The number of rotatable bonds is 7. The summed E-state index contributed by atoms with van der Waals surface area (Å²) in [5.74, 6) is 0.184. The van der Waals surface area contributed by atoms with Gasteiger partial charge in [-0.25, -0.2) is 0 Å². The molecule has 10 heteroatoms. The minimum absolute atomic E-state index is 0.130. The highest BCUT2D eigenvalue weighted by Gasteiger charge is 2.20. The van der Waals surface area contributed by atoms with E-state index in [2.05, 4.69) is 10.6 Å². The number of ether oxygens (including phenoxy) is 1. The Hall–Kier alpha value is -1.75. The number of benzene rings is 1. The molecule has 4 N–H and O–H groups in total. The lowest BCUT2D eigenvalue weighted by Crippen LogP contribution is -2.43. The van der Waals surface area contributed by atoms with Crippen LogP contribution in [0.2, 0.25) is 0 Å². The Morgan fingerprint density at radius 1 is 1.35 bits per heavy atom. The zero-order valence-electron chi connectivity index (χ0n) is 12.7. The zero-order chi connectivity index (χ0) is 17.5. The molecular formula is C13H19N3O5S2. The van der Waals surface area contributed by atoms with Gasteiger partial charge in [0, 0.05) is 19.5 Å². The maximum absolute atomic E-state index is 11.8. The van der Waals surface area contributed by atoms with Gasteiger partial charge in [0.15, 0.2) is 5.11 Å². The lowest BCUT2D eigenvalue weighted by Gasteiger charge is -2.17. The molecule has 0 aliphatic rings. The molecule has 0 aliphatic carbocycles. The summed E-state index contributed by atoms with van der Waals surface area (Å²) in [6.07, 6.45) is 0.0250. The molecule has 0 heterocycles. The zero-order valence-corrected chi connectivity index (χ0v) is 14.3. The van der Waals surface area contributed by atoms with E-state index in [9.17, 15) is 13.2 Å². The molecule has 1 atom stereocenters. The van der Waals surface area contributed by atoms with Gasteiger partial charge in [-0.3, -0.25) is 9.35 Å². The molecule has 0 saturated carbocycles. The highest BCUT2D eigenvalue weighted by Crippen LogP contribution is 2.14. The van der Waals surface area contributed by atoms with E-state index in [-0.39, 0.29) is 18.0 Å². The van der Waals surface area contributed by atoms with Gasteiger partial charge in [0.1, 0.15) is 5.75 Å². The molecular weight excluding hydrogens is 342 g/mol. The minimum atomic E-state index is -4.44. The standard InChI is InChI=1S/C13H19N3O5S2/c1-14-13(22)15-12(17)8-10(16-23(18,19)20)7-9-3-5-11(21-2)6-4-9/h3-6,10,16H,7-8H2,1-2H3,(H,18,19,20)(H2,14,15,17,22). The van der Waals surface area contributed by atoms with Gasteiger partial charge in [0.2, 0.25) is 5.91 Å². The summed E-state index contributed by atoms with van der Waals surface area (Å²) in [4.78, 5) is 11.8. The van der Waals surface area contributed by atoms with Crippen LogP contribution in [0.3, 0.4) is 0 Å². The quantitative estimate of drug-likeness (QED) is 0.399. The molecule has 0 spiro atoms. The predicted molar refractivity (Wildman–Crippen MR) is 89.6 cm³/mol. The molecule has 23 heavy (non-hydrogen) atoms. The molecule has 0 saturated heterocycles. The highest BCUT2D eigenvalue weighted by molar-refractivity contribution is 7.83. The Bertz CT molecular complexity index is 646. The van der Waals surface area contributed by atoms with Crippen molar-refractivity contribution >= 4 is 33.5 Å². The number of amides is 1. The maximum atomic E-state index is 11.8. The van der Waals surface area contributed by atoms with Crippen molar-refractivity contribution in [1.82, 2.24) is 15.4 Å². The van der Waals surface area contributed by atoms with E-state index in [1.54, 1.807) is 31.3 Å². The van der Waals surface area contributed by atoms with Gasteiger partial charge in [-0.1, -0.05) is 12.1 Å². The van der Waals surface area contributed by atoms with E-state index >= 15 is 0 Å². The van der Waals surface area contributed by atoms with Gasteiger partial charge in [-0.2, -0.15) is 13.1 Å². The summed E-state index contributed by atoms with van der Waals surface area (Å²) in [7, 11) is -1.36. The smallest absolute Gasteiger partial charge is 0.333 e. The van der Waals surface area contributed by atoms with Crippen LogP contribution in [-0.4, -0.2) is 44.2 Å². The van der Waals surface area contributed by atoms with Crippen LogP contribution in [-0.2, 0) is 21.5 Å². The van der Waals surface area contributed by atoms with E-state index in [0.717, 1.165) is 5.56 Å². The monoisotopic (exact) mass is 361 g/mol. The average molecular weight is 361 g/mol. The fourth-order valence-corrected chi connectivity index (χ4v) is 2.58. The summed E-state index contributed by atoms with van der Waals surface area (Å²) in [6, 6.07) is 6.10. The van der Waals surface area contributed by atoms with Crippen molar-refractivity contribution in [3.63, 3.8) is 0 Å². The lowest BCUT2D eigenvalue weighted by atomic mass is 10.0. The number of nitrogens with one attached hydrogen (secondary N) is 3. The third-order valence-corrected chi connectivity index (χ3v) is 3.81. The van der Waals surface area contributed by atoms with Crippen molar-refractivity contribution in [2.24, 2.45) is 0 Å².